The Kier molecular flexibility index (Phi) is 4.18. The molecular formula is C14H12N2O4. The molecule has 0 spiro atoms. The molecule has 0 aliphatic rings. The van der Waals surface area contributed by atoms with Gasteiger partial charge < -0.3 is 15.2 Å². The molecule has 0 fully saturated rings. The van der Waals surface area contributed by atoms with Crippen LogP contribution in [0.2, 0.25) is 0 Å². The van der Waals surface area contributed by atoms with Gasteiger partial charge >= 0.3 is 12.2 Å². The minimum absolute atomic E-state index is 0.231. The second-order valence-corrected chi connectivity index (χ2v) is 3.78. The summed E-state index contributed by atoms with van der Waals surface area (Å²) in [4.78, 5) is 22.3. The first-order valence-corrected chi connectivity index (χ1v) is 5.75. The van der Waals surface area contributed by atoms with E-state index in [1.807, 2.05) is 6.07 Å². The van der Waals surface area contributed by atoms with Crippen molar-refractivity contribution in [1.82, 2.24) is 0 Å². The molecule has 3 N–H and O–H groups in total. The minimum atomic E-state index is -0.922. The number of ether oxygens (including phenoxy) is 2. The van der Waals surface area contributed by atoms with E-state index in [0.29, 0.717) is 11.4 Å². The number of nitrogens with one attached hydrogen (secondary N) is 1. The third-order valence-electron chi connectivity index (χ3n) is 2.25. The molecule has 0 radical (unpaired) electrons. The summed E-state index contributed by atoms with van der Waals surface area (Å²) in [6.45, 7) is 0. The smallest absolute Gasteiger partial charge is 0.410 e. The summed E-state index contributed by atoms with van der Waals surface area (Å²) >= 11 is 0. The lowest BCUT2D eigenvalue weighted by Gasteiger charge is -2.07. The van der Waals surface area contributed by atoms with E-state index in [1.54, 1.807) is 42.5 Å². The molecule has 2 rings (SSSR count). The normalized spacial score (nSPS) is 9.60. The van der Waals surface area contributed by atoms with Crippen molar-refractivity contribution in [1.29, 1.82) is 0 Å². The lowest BCUT2D eigenvalue weighted by Crippen LogP contribution is -2.18. The fraction of sp³-hybridized carbons (Fsp3) is 0. The van der Waals surface area contributed by atoms with E-state index in [9.17, 15) is 9.59 Å². The second kappa shape index (κ2) is 6.24. The maximum Gasteiger partial charge on any atom is 0.417 e. The zero-order chi connectivity index (χ0) is 14.4. The highest BCUT2D eigenvalue weighted by Crippen LogP contribution is 2.18. The quantitative estimate of drug-likeness (QED) is 0.898. The number of benzene rings is 2. The summed E-state index contributed by atoms with van der Waals surface area (Å²) < 4.78 is 9.76. The number of primary amides is 1. The van der Waals surface area contributed by atoms with E-state index in [-0.39, 0.29) is 5.75 Å². The van der Waals surface area contributed by atoms with E-state index < -0.39 is 12.2 Å². The molecule has 2 aromatic rings. The van der Waals surface area contributed by atoms with E-state index in [0.717, 1.165) is 0 Å². The zero-order valence-electron chi connectivity index (χ0n) is 10.4. The average Bonchev–Trinajstić information content (AvgIpc) is 2.39. The molecule has 2 amide bonds. The fourth-order valence-corrected chi connectivity index (χ4v) is 1.49. The number of hydrogen-bond acceptors (Lipinski definition) is 4. The number of para-hydroxylation sites is 1. The van der Waals surface area contributed by atoms with Crippen molar-refractivity contribution >= 4 is 17.9 Å². The monoisotopic (exact) mass is 272 g/mol. The van der Waals surface area contributed by atoms with Crippen molar-refractivity contribution in [3.05, 3.63) is 54.6 Å². The van der Waals surface area contributed by atoms with E-state index in [1.165, 1.54) is 6.07 Å². The molecule has 0 bridgehead atoms. The van der Waals surface area contributed by atoms with E-state index >= 15 is 0 Å². The maximum absolute atomic E-state index is 11.6. The van der Waals surface area contributed by atoms with Crippen LogP contribution in [-0.2, 0) is 0 Å². The number of amides is 2. The Morgan fingerprint density at radius 2 is 1.60 bits per heavy atom. The Balaban J connectivity index is 1.99. The van der Waals surface area contributed by atoms with Crippen molar-refractivity contribution in [3.63, 3.8) is 0 Å². The summed E-state index contributed by atoms with van der Waals surface area (Å²) in [6, 6.07) is 14.9. The Hall–Kier alpha value is -3.02. The molecule has 0 aliphatic carbocycles. The standard InChI is InChI=1S/C14H12N2O4/c15-13(17)19-12-8-4-5-10(9-12)16-14(18)20-11-6-2-1-3-7-11/h1-9H,(H2,15,17)(H,16,18). The van der Waals surface area contributed by atoms with Gasteiger partial charge in [-0.05, 0) is 24.3 Å². The Labute approximate surface area is 115 Å². The van der Waals surface area contributed by atoms with Gasteiger partial charge in [0.05, 0.1) is 0 Å². The van der Waals surface area contributed by atoms with Crippen LogP contribution in [-0.4, -0.2) is 12.2 Å². The number of carbonyl (C=O) groups is 2. The first kappa shape index (κ1) is 13.4. The van der Waals surface area contributed by atoms with Gasteiger partial charge in [0.2, 0.25) is 0 Å². The van der Waals surface area contributed by atoms with Crippen molar-refractivity contribution < 1.29 is 19.1 Å². The highest BCUT2D eigenvalue weighted by Gasteiger charge is 2.06. The predicted octanol–water partition coefficient (Wildman–Crippen LogP) is 2.76. The summed E-state index contributed by atoms with van der Waals surface area (Å²) in [5.74, 6) is 0.657. The number of hydrogen-bond donors (Lipinski definition) is 2. The van der Waals surface area contributed by atoms with Crippen LogP contribution in [0.3, 0.4) is 0 Å². The number of rotatable bonds is 3. The van der Waals surface area contributed by atoms with Gasteiger partial charge in [0.25, 0.3) is 0 Å². The molecule has 0 aliphatic heterocycles. The minimum Gasteiger partial charge on any atom is -0.410 e. The summed E-state index contributed by atoms with van der Waals surface area (Å²) in [7, 11) is 0. The fourth-order valence-electron chi connectivity index (χ4n) is 1.49. The number of anilines is 1. The van der Waals surface area contributed by atoms with Gasteiger partial charge in [0, 0.05) is 11.8 Å². The SMILES string of the molecule is NC(=O)Oc1cccc(NC(=O)Oc2ccccc2)c1. The molecule has 6 nitrogen and oxygen atoms in total. The highest BCUT2D eigenvalue weighted by molar-refractivity contribution is 5.86. The van der Waals surface area contributed by atoms with Crippen molar-refractivity contribution in [2.24, 2.45) is 5.73 Å². The molecule has 0 unspecified atom stereocenters. The molecule has 0 aromatic heterocycles. The van der Waals surface area contributed by atoms with Crippen LogP contribution >= 0.6 is 0 Å². The van der Waals surface area contributed by atoms with Crippen LogP contribution < -0.4 is 20.5 Å². The first-order valence-electron chi connectivity index (χ1n) is 5.75. The summed E-state index contributed by atoms with van der Waals surface area (Å²) in [6.07, 6.45) is -1.57. The van der Waals surface area contributed by atoms with E-state index in [4.69, 9.17) is 15.2 Å². The Morgan fingerprint density at radius 3 is 2.30 bits per heavy atom. The summed E-state index contributed by atoms with van der Waals surface area (Å²) in [5.41, 5.74) is 5.33. The molecule has 6 heteroatoms. The van der Waals surface area contributed by atoms with Crippen LogP contribution in [0, 0.1) is 0 Å². The van der Waals surface area contributed by atoms with Gasteiger partial charge in [0.15, 0.2) is 0 Å². The van der Waals surface area contributed by atoms with E-state index in [2.05, 4.69) is 5.32 Å². The molecule has 2 aromatic carbocycles. The van der Waals surface area contributed by atoms with Gasteiger partial charge in [-0.3, -0.25) is 5.32 Å². The molecule has 0 saturated carbocycles. The molecule has 0 saturated heterocycles. The number of nitrogens with two attached hydrogens (primary N) is 1. The average molecular weight is 272 g/mol. The van der Waals surface area contributed by atoms with Crippen LogP contribution in [0.25, 0.3) is 0 Å². The molecule has 0 atom stereocenters. The highest BCUT2D eigenvalue weighted by atomic mass is 16.6. The predicted molar refractivity (Wildman–Crippen MR) is 72.7 cm³/mol. The lowest BCUT2D eigenvalue weighted by atomic mass is 10.3. The van der Waals surface area contributed by atoms with Gasteiger partial charge in [-0.25, -0.2) is 9.59 Å². The van der Waals surface area contributed by atoms with Gasteiger partial charge in [0.1, 0.15) is 11.5 Å². The lowest BCUT2D eigenvalue weighted by molar-refractivity contribution is 0.211. The zero-order valence-corrected chi connectivity index (χ0v) is 10.4. The van der Waals surface area contributed by atoms with Crippen molar-refractivity contribution in [3.8, 4) is 11.5 Å². The van der Waals surface area contributed by atoms with Crippen molar-refractivity contribution in [2.45, 2.75) is 0 Å². The van der Waals surface area contributed by atoms with Crippen molar-refractivity contribution in [2.75, 3.05) is 5.32 Å². The van der Waals surface area contributed by atoms with Crippen LogP contribution in [0.15, 0.2) is 54.6 Å². The first-order chi connectivity index (χ1) is 9.63. The molecular weight excluding hydrogens is 260 g/mol. The van der Waals surface area contributed by atoms with Gasteiger partial charge in [-0.1, -0.05) is 24.3 Å². The number of carbonyl (C=O) groups excluding carboxylic acids is 2. The topological polar surface area (TPSA) is 90.7 Å². The maximum atomic E-state index is 11.6. The van der Waals surface area contributed by atoms with Crippen LogP contribution in [0.1, 0.15) is 0 Å². The third kappa shape index (κ3) is 4.02. The molecule has 102 valence electrons. The largest absolute Gasteiger partial charge is 0.417 e. The molecule has 20 heavy (non-hydrogen) atoms. The Morgan fingerprint density at radius 1 is 0.900 bits per heavy atom. The molecule has 0 heterocycles. The third-order valence-corrected chi connectivity index (χ3v) is 2.25. The van der Waals surface area contributed by atoms with Gasteiger partial charge in [-0.15, -0.1) is 0 Å². The van der Waals surface area contributed by atoms with Gasteiger partial charge in [-0.2, -0.15) is 0 Å². The van der Waals surface area contributed by atoms with Crippen LogP contribution in [0.4, 0.5) is 15.3 Å². The van der Waals surface area contributed by atoms with Crippen LogP contribution in [0.5, 0.6) is 11.5 Å². The summed E-state index contributed by atoms with van der Waals surface area (Å²) in [5, 5.41) is 2.51. The second-order valence-electron chi connectivity index (χ2n) is 3.78. The Bertz CT molecular complexity index is 614.